The fourth-order valence-corrected chi connectivity index (χ4v) is 3.23. The Morgan fingerprint density at radius 2 is 1.92 bits per heavy atom. The van der Waals surface area contributed by atoms with Gasteiger partial charge in [0.1, 0.15) is 1.37 Å². The van der Waals surface area contributed by atoms with Crippen molar-refractivity contribution >= 4 is 23.2 Å². The van der Waals surface area contributed by atoms with Gasteiger partial charge in [0.05, 0.1) is 37.0 Å². The van der Waals surface area contributed by atoms with E-state index in [4.69, 9.17) is 15.1 Å². The number of aryl methyl sites for hydroxylation is 2. The van der Waals surface area contributed by atoms with Crippen LogP contribution in [0.3, 0.4) is 0 Å². The van der Waals surface area contributed by atoms with E-state index in [0.29, 0.717) is 10.1 Å². The Morgan fingerprint density at radius 1 is 1.08 bits per heavy atom. The van der Waals surface area contributed by atoms with Crippen molar-refractivity contribution in [2.45, 2.75) is 20.0 Å². The van der Waals surface area contributed by atoms with Crippen LogP contribution in [-0.4, -0.2) is 30.4 Å². The lowest BCUT2D eigenvalue weighted by Crippen LogP contribution is -2.14. The van der Waals surface area contributed by atoms with Crippen molar-refractivity contribution in [3.63, 3.8) is 0 Å². The molecule has 3 aromatic heterocycles. The fourth-order valence-electron chi connectivity index (χ4n) is 3.23. The molecule has 2 N–H and O–H groups in total. The number of carbonyl (C=O) groups is 1. The fraction of sp³-hybridized carbons (Fsp3) is 0.107. The first kappa shape index (κ1) is 15.4. The Bertz CT molecular complexity index is 2250. The molecular weight excluding hydrogens is 507 g/mol. The molecule has 0 unspecified atom stereocenters. The SMILES string of the molecule is [2H]c1nc(Nc2cc(C(=O)Nc3c([2H])c(-n4c([2H])nc(C)c4[2H])c([2H])c(C(F)(F)F)c3[2H])ccc2C)nc(-c2c([2H])nc([2H])c([2H])c2[2H])c1[2H]. The summed E-state index contributed by atoms with van der Waals surface area (Å²) in [4.78, 5) is 28.7. The highest BCUT2D eigenvalue weighted by molar-refractivity contribution is 6.05. The van der Waals surface area contributed by atoms with Gasteiger partial charge in [0.15, 0.2) is 0 Å². The highest BCUT2D eigenvalue weighted by atomic mass is 19.4. The largest absolute Gasteiger partial charge is 0.416 e. The van der Waals surface area contributed by atoms with Crippen LogP contribution in [-0.2, 0) is 6.18 Å². The Morgan fingerprint density at radius 3 is 2.69 bits per heavy atom. The van der Waals surface area contributed by atoms with Crippen LogP contribution in [0.1, 0.15) is 42.3 Å². The molecule has 1 amide bonds. The summed E-state index contributed by atoms with van der Waals surface area (Å²) < 4.78 is 132. The summed E-state index contributed by atoms with van der Waals surface area (Å²) >= 11 is 0. The molecule has 11 heteroatoms. The van der Waals surface area contributed by atoms with Gasteiger partial charge in [-0.05, 0) is 67.8 Å². The van der Waals surface area contributed by atoms with E-state index in [0.717, 1.165) is 0 Å². The molecule has 0 aliphatic rings. The number of hydrogen-bond acceptors (Lipinski definition) is 6. The minimum atomic E-state index is -5.30. The number of imidazole rings is 1. The average Bonchev–Trinajstić information content (AvgIpc) is 3.26. The Kier molecular flexibility index (Phi) is 4.09. The van der Waals surface area contributed by atoms with Gasteiger partial charge in [-0.25, -0.2) is 15.0 Å². The molecule has 0 aliphatic carbocycles. The molecule has 5 aromatic rings. The van der Waals surface area contributed by atoms with Gasteiger partial charge in [-0.3, -0.25) is 9.78 Å². The zero-order valence-electron chi connectivity index (χ0n) is 31.0. The Labute approximate surface area is 237 Å². The summed E-state index contributed by atoms with van der Waals surface area (Å²) in [6, 6.07) is -1.67. The first-order valence-electron chi connectivity index (χ1n) is 16.5. The molecule has 0 bridgehead atoms. The van der Waals surface area contributed by atoms with Gasteiger partial charge in [-0.15, -0.1) is 0 Å². The molecule has 0 aliphatic heterocycles. The molecule has 2 aromatic carbocycles. The molecule has 0 spiro atoms. The zero-order chi connectivity index (χ0) is 37.1. The number of nitrogens with one attached hydrogen (secondary N) is 2. The van der Waals surface area contributed by atoms with Crippen molar-refractivity contribution in [1.82, 2.24) is 24.5 Å². The van der Waals surface area contributed by atoms with Crippen molar-refractivity contribution in [2.24, 2.45) is 0 Å². The lowest BCUT2D eigenvalue weighted by molar-refractivity contribution is -0.137. The predicted octanol–water partition coefficient (Wildman–Crippen LogP) is 6.36. The first-order chi connectivity index (χ1) is 23.2. The summed E-state index contributed by atoms with van der Waals surface area (Å²) in [5.41, 5.74) is -4.19. The number of benzene rings is 2. The second-order valence-corrected chi connectivity index (χ2v) is 7.92. The first-order valence-corrected chi connectivity index (χ1v) is 11.0. The van der Waals surface area contributed by atoms with E-state index in [9.17, 15) is 18.0 Å². The van der Waals surface area contributed by atoms with Crippen LogP contribution < -0.4 is 10.6 Å². The van der Waals surface area contributed by atoms with Gasteiger partial charge in [0.25, 0.3) is 5.91 Å². The van der Waals surface area contributed by atoms with Gasteiger partial charge < -0.3 is 15.2 Å². The molecule has 8 nitrogen and oxygen atoms in total. The number of nitrogens with zero attached hydrogens (tertiary/aromatic N) is 5. The quantitative estimate of drug-likeness (QED) is 0.260. The van der Waals surface area contributed by atoms with E-state index >= 15 is 0 Å². The van der Waals surface area contributed by atoms with Crippen molar-refractivity contribution in [3.8, 4) is 16.9 Å². The summed E-state index contributed by atoms with van der Waals surface area (Å²) in [7, 11) is 0. The van der Waals surface area contributed by atoms with Crippen LogP contribution in [0.2, 0.25) is 0 Å². The second-order valence-electron chi connectivity index (χ2n) is 7.92. The summed E-state index contributed by atoms with van der Waals surface area (Å²) in [6.45, 7) is 2.89. The van der Waals surface area contributed by atoms with Gasteiger partial charge in [0, 0.05) is 52.9 Å². The van der Waals surface area contributed by atoms with Gasteiger partial charge in [0.2, 0.25) is 5.95 Å². The third-order valence-electron chi connectivity index (χ3n) is 5.08. The summed E-state index contributed by atoms with van der Waals surface area (Å²) in [6.07, 6.45) is -8.54. The summed E-state index contributed by atoms with van der Waals surface area (Å²) in [5.74, 6) is -1.44. The number of pyridine rings is 1. The standard InChI is InChI=1S/C28H22F3N7O/c1-17-5-6-19(10-25(17)37-27-33-9-7-24(36-27)20-4-3-8-32-14-20)26(39)35-22-11-21(28(29,30)31)12-23(13-22)38-15-18(2)34-16-38/h3-16H,1-2H3,(H,35,39)(H,33,36,37)/i3D,4D,7D,8D,9D,11D,12D,13D,14D,15D,16D. The Balaban J connectivity index is 1.57. The number of alkyl halides is 3. The van der Waals surface area contributed by atoms with Crippen LogP contribution in [0.15, 0.2) is 85.4 Å². The van der Waals surface area contributed by atoms with E-state index in [2.05, 4.69) is 30.6 Å². The predicted molar refractivity (Wildman–Crippen MR) is 141 cm³/mol. The molecule has 0 fully saturated rings. The molecule has 196 valence electrons. The maximum atomic E-state index is 14.1. The van der Waals surface area contributed by atoms with Gasteiger partial charge in [-0.1, -0.05) is 6.07 Å². The molecule has 0 saturated heterocycles. The van der Waals surface area contributed by atoms with E-state index in [1.165, 1.54) is 25.1 Å². The van der Waals surface area contributed by atoms with Crippen LogP contribution in [0.5, 0.6) is 0 Å². The number of halogens is 3. The van der Waals surface area contributed by atoms with E-state index in [-0.39, 0.29) is 22.9 Å². The van der Waals surface area contributed by atoms with Crippen LogP contribution in [0.25, 0.3) is 16.9 Å². The van der Waals surface area contributed by atoms with Crippen molar-refractivity contribution < 1.29 is 33.0 Å². The normalized spacial score (nSPS) is 15.3. The third kappa shape index (κ3) is 5.93. The van der Waals surface area contributed by atoms with Crippen molar-refractivity contribution in [2.75, 3.05) is 10.6 Å². The van der Waals surface area contributed by atoms with E-state index in [1.54, 1.807) is 6.92 Å². The van der Waals surface area contributed by atoms with Crippen LogP contribution in [0, 0.1) is 13.8 Å². The molecule has 0 radical (unpaired) electrons. The van der Waals surface area contributed by atoms with Crippen LogP contribution >= 0.6 is 0 Å². The van der Waals surface area contributed by atoms with Crippen molar-refractivity contribution in [3.05, 3.63) is 108 Å². The van der Waals surface area contributed by atoms with E-state index in [1.807, 2.05) is 0 Å². The number of amides is 1. The number of anilines is 3. The molecule has 0 saturated carbocycles. The highest BCUT2D eigenvalue weighted by Crippen LogP contribution is 2.33. The molecular formula is C28H22F3N7O. The van der Waals surface area contributed by atoms with E-state index < -0.39 is 108 Å². The smallest absolute Gasteiger partial charge is 0.324 e. The number of aromatic nitrogens is 5. The average molecular weight is 541 g/mol. The minimum absolute atomic E-state index is 0.0718. The Hall–Kier alpha value is -5.06. The van der Waals surface area contributed by atoms with Crippen LogP contribution in [0.4, 0.5) is 30.5 Å². The molecule has 3 heterocycles. The van der Waals surface area contributed by atoms with Crippen molar-refractivity contribution in [1.29, 1.82) is 0 Å². The maximum Gasteiger partial charge on any atom is 0.416 e. The monoisotopic (exact) mass is 540 g/mol. The molecule has 5 rings (SSSR count). The van der Waals surface area contributed by atoms with Gasteiger partial charge >= 0.3 is 6.18 Å². The number of rotatable bonds is 6. The number of hydrogen-bond donors (Lipinski definition) is 2. The van der Waals surface area contributed by atoms with Gasteiger partial charge in [-0.2, -0.15) is 13.2 Å². The zero-order valence-corrected chi connectivity index (χ0v) is 20.0. The lowest BCUT2D eigenvalue weighted by atomic mass is 10.1. The molecule has 39 heavy (non-hydrogen) atoms. The summed E-state index contributed by atoms with van der Waals surface area (Å²) in [5, 5.41) is 4.87. The topological polar surface area (TPSA) is 97.6 Å². The third-order valence-corrected chi connectivity index (χ3v) is 5.08. The maximum absolute atomic E-state index is 14.1. The highest BCUT2D eigenvalue weighted by Gasteiger charge is 2.31. The number of carbonyl (C=O) groups excluding carboxylic acids is 1. The lowest BCUT2D eigenvalue weighted by Gasteiger charge is -2.14. The molecule has 0 atom stereocenters. The minimum Gasteiger partial charge on any atom is -0.324 e. The second kappa shape index (κ2) is 10.4.